The molecule has 5 nitrogen and oxygen atoms in total. The van der Waals surface area contributed by atoms with Crippen molar-refractivity contribution in [2.24, 2.45) is 0 Å². The van der Waals surface area contributed by atoms with Crippen molar-refractivity contribution in [3.63, 3.8) is 0 Å². The van der Waals surface area contributed by atoms with Gasteiger partial charge in [0.1, 0.15) is 0 Å². The van der Waals surface area contributed by atoms with Gasteiger partial charge in [-0.3, -0.25) is 7.32 Å². The first-order valence-electron chi connectivity index (χ1n) is 2.84. The topological polar surface area (TPSA) is 110 Å². The van der Waals surface area contributed by atoms with Crippen LogP contribution in [0.25, 0.3) is 0 Å². The van der Waals surface area contributed by atoms with Crippen molar-refractivity contribution in [1.82, 2.24) is 0 Å². The molecule has 0 aromatic rings. The first kappa shape index (κ1) is 30.6. The van der Waals surface area contributed by atoms with Crippen molar-refractivity contribution >= 4 is 7.32 Å². The molecule has 0 amide bonds. The third-order valence-electron chi connectivity index (χ3n) is 0.547. The van der Waals surface area contributed by atoms with E-state index in [0.717, 1.165) is 6.42 Å². The average molecular weight is 266 g/mol. The van der Waals surface area contributed by atoms with Crippen LogP contribution < -0.4 is 169 Å². The van der Waals surface area contributed by atoms with Crippen LogP contribution in [0.1, 0.15) is 19.8 Å². The van der Waals surface area contributed by atoms with E-state index in [4.69, 9.17) is 25.3 Å². The van der Waals surface area contributed by atoms with E-state index in [0.29, 0.717) is 6.42 Å². The van der Waals surface area contributed by atoms with E-state index in [1.165, 1.54) is 0 Å². The fourth-order valence-corrected chi connectivity index (χ4v) is 0.258. The molecule has 0 rings (SSSR count). The maximum Gasteiger partial charge on any atom is 1.00 e. The summed E-state index contributed by atoms with van der Waals surface area (Å²) in [5.41, 5.74) is 0. The third-order valence-corrected chi connectivity index (χ3v) is 0.547. The molecule has 0 aromatic carbocycles. The van der Waals surface area contributed by atoms with Crippen molar-refractivity contribution in [3.8, 4) is 0 Å². The van der Waals surface area contributed by atoms with Crippen molar-refractivity contribution in [2.75, 3.05) is 0 Å². The fourth-order valence-electron chi connectivity index (χ4n) is 0.258. The zero-order valence-electron chi connectivity index (χ0n) is 8.69. The van der Waals surface area contributed by atoms with Gasteiger partial charge in [-0.1, -0.05) is 13.3 Å². The van der Waals surface area contributed by atoms with Gasteiger partial charge in [-0.15, -0.1) is 0 Å². The summed E-state index contributed by atoms with van der Waals surface area (Å²) in [5, 5.41) is 41.5. The molecule has 0 aliphatic heterocycles. The summed E-state index contributed by atoms with van der Waals surface area (Å²) in [7, 11) is -2.92. The van der Waals surface area contributed by atoms with Crippen molar-refractivity contribution in [1.29, 1.82) is 0 Å². The predicted octanol–water partition coefficient (Wildman–Crippen LogP) is -12.8. The van der Waals surface area contributed by atoms with E-state index in [2.05, 4.69) is 0 Å². The molecule has 62 valence electrons. The molecule has 9 heteroatoms. The molecule has 0 aliphatic rings. The van der Waals surface area contributed by atoms with Gasteiger partial charge >= 0.3 is 154 Å². The first-order valence-corrected chi connectivity index (χ1v) is 2.84. The Bertz CT molecular complexity index is 65.0. The Morgan fingerprint density at radius 2 is 1.31 bits per heavy atom. The number of aliphatic hydroxyl groups is 2. The average Bonchev–Trinajstić information content (AvgIpc) is 1.62. The molecule has 0 heterocycles. The molecule has 0 radical (unpaired) electrons. The predicted molar refractivity (Wildman–Crippen MR) is 28.9 cm³/mol. The van der Waals surface area contributed by atoms with Gasteiger partial charge in [0.2, 0.25) is 0 Å². The molecule has 0 aliphatic carbocycles. The molecule has 0 fully saturated rings. The zero-order chi connectivity index (χ0) is 8.57. The van der Waals surface area contributed by atoms with Crippen LogP contribution in [0, 0.1) is 0 Å². The molecule has 13 heavy (non-hydrogen) atoms. The molecular formula is C4H10BK3O5. The van der Waals surface area contributed by atoms with E-state index in [1.54, 1.807) is 0 Å². The van der Waals surface area contributed by atoms with Crippen molar-refractivity contribution in [2.45, 2.75) is 26.1 Å². The zero-order valence-corrected chi connectivity index (χ0v) is 18.1. The fraction of sp³-hybridized carbons (Fsp3) is 1.00. The molecule has 0 bridgehead atoms. The summed E-state index contributed by atoms with van der Waals surface area (Å²) >= 11 is 0. The van der Waals surface area contributed by atoms with E-state index < -0.39 is 13.6 Å². The second-order valence-electron chi connectivity index (χ2n) is 1.56. The van der Waals surface area contributed by atoms with E-state index in [-0.39, 0.29) is 154 Å². The maximum absolute atomic E-state index is 8.42. The van der Waals surface area contributed by atoms with Gasteiger partial charge in [0, 0.05) is 0 Å². The van der Waals surface area contributed by atoms with Gasteiger partial charge in [-0.2, -0.15) is 0 Å². The molecule has 0 saturated heterocycles. The molecule has 0 saturated carbocycles. The monoisotopic (exact) mass is 266 g/mol. The summed E-state index contributed by atoms with van der Waals surface area (Å²) in [6.07, 6.45) is 0.215. The SMILES string of the molecule is CCCC(O)O.[K+].[K+].[K+].[O-]B([O-])[O-]. The minimum absolute atomic E-state index is 0. The maximum atomic E-state index is 8.42. The quantitative estimate of drug-likeness (QED) is 0.381. The Kier molecular flexibility index (Phi) is 60.3. The third kappa shape index (κ3) is 60.6. The standard InChI is InChI=1S/C4H10O2.BO3.3K/c1-2-3-4(5)6;2-1(3)4;;;/h4-6H,2-3H2,1H3;;;;/q;-3;3*+1. The second-order valence-corrected chi connectivity index (χ2v) is 1.56. The van der Waals surface area contributed by atoms with E-state index in [9.17, 15) is 0 Å². The Labute approximate surface area is 207 Å². The number of hydrogen-bond donors (Lipinski definition) is 2. The largest absolute Gasteiger partial charge is 1.00 e. The van der Waals surface area contributed by atoms with Crippen LogP contribution in [-0.2, 0) is 0 Å². The minimum Gasteiger partial charge on any atom is -0.907 e. The van der Waals surface area contributed by atoms with Crippen molar-refractivity contribution < 1.29 is 179 Å². The van der Waals surface area contributed by atoms with Crippen LogP contribution in [0.15, 0.2) is 0 Å². The summed E-state index contributed by atoms with van der Waals surface area (Å²) < 4.78 is 0. The van der Waals surface area contributed by atoms with Gasteiger partial charge in [-0.05, 0) is 6.42 Å². The summed E-state index contributed by atoms with van der Waals surface area (Å²) in [6.45, 7) is 1.90. The number of hydrogen-bond acceptors (Lipinski definition) is 5. The van der Waals surface area contributed by atoms with Crippen LogP contribution in [0.4, 0.5) is 0 Å². The second kappa shape index (κ2) is 25.6. The van der Waals surface area contributed by atoms with Gasteiger partial charge in [-0.25, -0.2) is 0 Å². The van der Waals surface area contributed by atoms with Crippen LogP contribution in [-0.4, -0.2) is 23.8 Å². The molecule has 0 aromatic heterocycles. The number of rotatable bonds is 2. The Balaban J connectivity index is -0.0000000279. The Morgan fingerprint density at radius 1 is 1.08 bits per heavy atom. The van der Waals surface area contributed by atoms with Crippen LogP contribution in [0.2, 0.25) is 0 Å². The van der Waals surface area contributed by atoms with E-state index >= 15 is 0 Å². The smallest absolute Gasteiger partial charge is 0.907 e. The van der Waals surface area contributed by atoms with Crippen LogP contribution in [0.3, 0.4) is 0 Å². The van der Waals surface area contributed by atoms with Crippen LogP contribution in [0.5, 0.6) is 0 Å². The number of aliphatic hydroxyl groups excluding tert-OH is 1. The first-order chi connectivity index (χ1) is 4.50. The Hall–Kier alpha value is 4.77. The Morgan fingerprint density at radius 3 is 1.31 bits per heavy atom. The van der Waals surface area contributed by atoms with Gasteiger partial charge in [0.05, 0.1) is 0 Å². The molecule has 0 unspecified atom stereocenters. The molecular weight excluding hydrogens is 256 g/mol. The van der Waals surface area contributed by atoms with Crippen LogP contribution >= 0.6 is 0 Å². The minimum atomic E-state index is -2.92. The van der Waals surface area contributed by atoms with E-state index in [1.807, 2.05) is 6.92 Å². The molecule has 0 atom stereocenters. The van der Waals surface area contributed by atoms with Gasteiger partial charge < -0.3 is 25.3 Å². The summed E-state index contributed by atoms with van der Waals surface area (Å²) in [5.74, 6) is 0. The molecule has 2 N–H and O–H groups in total. The van der Waals surface area contributed by atoms with Gasteiger partial charge in [0.25, 0.3) is 0 Å². The van der Waals surface area contributed by atoms with Gasteiger partial charge in [0.15, 0.2) is 6.29 Å². The normalized spacial score (nSPS) is 6.69. The summed E-state index contributed by atoms with van der Waals surface area (Å²) in [4.78, 5) is 0. The van der Waals surface area contributed by atoms with Crippen molar-refractivity contribution in [3.05, 3.63) is 0 Å². The molecule has 0 spiro atoms. The summed E-state index contributed by atoms with van der Waals surface area (Å²) in [6, 6.07) is 0.